The summed E-state index contributed by atoms with van der Waals surface area (Å²) in [4.78, 5) is 12.5. The van der Waals surface area contributed by atoms with Gasteiger partial charge in [-0.05, 0) is 83.3 Å². The highest BCUT2D eigenvalue weighted by Gasteiger charge is 2.15. The summed E-state index contributed by atoms with van der Waals surface area (Å²) in [6.45, 7) is -0.182. The van der Waals surface area contributed by atoms with Crippen LogP contribution in [0.2, 0.25) is 5.02 Å². The van der Waals surface area contributed by atoms with Crippen LogP contribution in [0.3, 0.4) is 0 Å². The maximum absolute atomic E-state index is 12.5. The number of furan rings is 1. The topological polar surface area (TPSA) is 83.7 Å². The van der Waals surface area contributed by atoms with Gasteiger partial charge < -0.3 is 19.6 Å². The van der Waals surface area contributed by atoms with Crippen molar-refractivity contribution in [2.75, 3.05) is 12.4 Å². The van der Waals surface area contributed by atoms with Gasteiger partial charge in [0.1, 0.15) is 23.9 Å². The molecule has 1 heterocycles. The molecule has 0 aliphatic carbocycles. The minimum absolute atomic E-state index is 0.0934. The molecular formula is C20H16ClIN2O4S. The van der Waals surface area contributed by atoms with Crippen LogP contribution in [0, 0.1) is 3.57 Å². The second kappa shape index (κ2) is 9.57. The van der Waals surface area contributed by atoms with Crippen LogP contribution in [-0.2, 0) is 6.61 Å². The number of methoxy groups -OCH3 is 1. The van der Waals surface area contributed by atoms with Crippen LogP contribution in [-0.4, -0.2) is 23.2 Å². The van der Waals surface area contributed by atoms with E-state index in [9.17, 15) is 9.90 Å². The largest absolute Gasteiger partial charge is 0.495 e. The van der Waals surface area contributed by atoms with Gasteiger partial charge in [-0.2, -0.15) is 0 Å². The Labute approximate surface area is 191 Å². The molecule has 3 aromatic rings. The molecule has 2 aromatic carbocycles. The molecule has 0 unspecified atom stereocenters. The lowest BCUT2D eigenvalue weighted by Crippen LogP contribution is -2.34. The fraction of sp³-hybridized carbons (Fsp3) is 0.100. The van der Waals surface area contributed by atoms with Crippen molar-refractivity contribution in [3.05, 3.63) is 68.4 Å². The van der Waals surface area contributed by atoms with Gasteiger partial charge in [-0.25, -0.2) is 0 Å². The summed E-state index contributed by atoms with van der Waals surface area (Å²) in [6.07, 6.45) is 0. The smallest absolute Gasteiger partial charge is 0.258 e. The lowest BCUT2D eigenvalue weighted by Gasteiger charge is -2.14. The molecular weight excluding hydrogens is 527 g/mol. The average molecular weight is 543 g/mol. The Morgan fingerprint density at radius 2 is 2.03 bits per heavy atom. The molecule has 0 aliphatic rings. The summed E-state index contributed by atoms with van der Waals surface area (Å²) < 4.78 is 11.8. The number of carbonyl (C=O) groups excluding carboxylic acids is 1. The van der Waals surface area contributed by atoms with Crippen molar-refractivity contribution in [1.82, 2.24) is 5.32 Å². The zero-order valence-electron chi connectivity index (χ0n) is 15.2. The fourth-order valence-corrected chi connectivity index (χ4v) is 3.47. The van der Waals surface area contributed by atoms with Gasteiger partial charge in [0.25, 0.3) is 5.91 Å². The molecule has 1 aromatic heterocycles. The first-order chi connectivity index (χ1) is 13.9. The number of thiocarbonyl (C=S) groups is 1. The monoisotopic (exact) mass is 542 g/mol. The zero-order valence-corrected chi connectivity index (χ0v) is 18.9. The summed E-state index contributed by atoms with van der Waals surface area (Å²) in [5, 5.41) is 15.2. The van der Waals surface area contributed by atoms with Gasteiger partial charge >= 0.3 is 0 Å². The van der Waals surface area contributed by atoms with E-state index in [1.807, 2.05) is 12.1 Å². The number of anilines is 1. The van der Waals surface area contributed by atoms with Crippen LogP contribution in [0.25, 0.3) is 11.3 Å². The van der Waals surface area contributed by atoms with Crippen LogP contribution < -0.4 is 15.4 Å². The second-order valence-electron chi connectivity index (χ2n) is 5.87. The number of aliphatic hydroxyl groups excluding tert-OH is 1. The van der Waals surface area contributed by atoms with E-state index in [-0.39, 0.29) is 11.7 Å². The van der Waals surface area contributed by atoms with Gasteiger partial charge in [0.05, 0.1) is 23.4 Å². The molecule has 0 saturated carbocycles. The Morgan fingerprint density at radius 1 is 1.24 bits per heavy atom. The molecule has 0 fully saturated rings. The van der Waals surface area contributed by atoms with Gasteiger partial charge in [-0.15, -0.1) is 0 Å². The second-order valence-corrected chi connectivity index (χ2v) is 7.93. The average Bonchev–Trinajstić information content (AvgIpc) is 3.19. The molecule has 29 heavy (non-hydrogen) atoms. The molecule has 1 amide bonds. The molecule has 6 nitrogen and oxygen atoms in total. The first-order valence-corrected chi connectivity index (χ1v) is 10.2. The molecule has 0 saturated heterocycles. The van der Waals surface area contributed by atoms with E-state index in [1.165, 1.54) is 7.11 Å². The lowest BCUT2D eigenvalue weighted by molar-refractivity contribution is 0.0978. The van der Waals surface area contributed by atoms with Crippen molar-refractivity contribution in [2.45, 2.75) is 6.61 Å². The third kappa shape index (κ3) is 5.27. The van der Waals surface area contributed by atoms with Crippen molar-refractivity contribution in [3.8, 4) is 17.1 Å². The number of nitrogens with one attached hydrogen (secondary N) is 2. The van der Waals surface area contributed by atoms with E-state index in [0.29, 0.717) is 33.5 Å². The van der Waals surface area contributed by atoms with E-state index in [4.69, 9.17) is 33.0 Å². The van der Waals surface area contributed by atoms with Crippen molar-refractivity contribution in [3.63, 3.8) is 0 Å². The molecule has 0 aliphatic heterocycles. The van der Waals surface area contributed by atoms with Gasteiger partial charge in [0.2, 0.25) is 0 Å². The van der Waals surface area contributed by atoms with Crippen LogP contribution in [0.5, 0.6) is 5.75 Å². The number of benzene rings is 2. The normalized spacial score (nSPS) is 10.5. The Morgan fingerprint density at radius 3 is 2.72 bits per heavy atom. The lowest BCUT2D eigenvalue weighted by atomic mass is 10.1. The quantitative estimate of drug-likeness (QED) is 0.316. The standard InChI is InChI=1S/C20H16ClIN2O4S/c1-27-18-6-2-11(17-7-4-13(10-25)28-17)8-16(18)23-20(29)24-19(26)14-9-12(22)3-5-15(14)21/h2-9,25H,10H2,1H3,(H2,23,24,26,29). The maximum atomic E-state index is 12.5. The summed E-state index contributed by atoms with van der Waals surface area (Å²) >= 11 is 13.5. The minimum atomic E-state index is -0.417. The van der Waals surface area contributed by atoms with E-state index >= 15 is 0 Å². The fourth-order valence-electron chi connectivity index (χ4n) is 2.57. The number of aliphatic hydroxyl groups is 1. The number of carbonyl (C=O) groups is 1. The van der Waals surface area contributed by atoms with Crippen molar-refractivity contribution >= 4 is 63.1 Å². The Kier molecular flexibility index (Phi) is 7.12. The number of halogens is 2. The maximum Gasteiger partial charge on any atom is 0.258 e. The van der Waals surface area contributed by atoms with Gasteiger partial charge in [-0.1, -0.05) is 11.6 Å². The van der Waals surface area contributed by atoms with Gasteiger partial charge in [-0.3, -0.25) is 10.1 Å². The van der Waals surface area contributed by atoms with Crippen molar-refractivity contribution in [2.24, 2.45) is 0 Å². The van der Waals surface area contributed by atoms with E-state index in [1.54, 1.807) is 36.4 Å². The van der Waals surface area contributed by atoms with E-state index < -0.39 is 5.91 Å². The molecule has 9 heteroatoms. The number of amides is 1. The Balaban J connectivity index is 1.79. The number of hydrogen-bond acceptors (Lipinski definition) is 5. The highest BCUT2D eigenvalue weighted by atomic mass is 127. The van der Waals surface area contributed by atoms with Crippen LogP contribution >= 0.6 is 46.4 Å². The molecule has 0 radical (unpaired) electrons. The molecule has 3 N–H and O–H groups in total. The highest BCUT2D eigenvalue weighted by molar-refractivity contribution is 14.1. The minimum Gasteiger partial charge on any atom is -0.495 e. The Bertz CT molecular complexity index is 1070. The highest BCUT2D eigenvalue weighted by Crippen LogP contribution is 2.31. The van der Waals surface area contributed by atoms with Crippen LogP contribution in [0.4, 0.5) is 5.69 Å². The van der Waals surface area contributed by atoms with E-state index in [2.05, 4.69) is 33.2 Å². The molecule has 150 valence electrons. The third-order valence-corrected chi connectivity index (χ3v) is 5.15. The number of hydrogen-bond donors (Lipinski definition) is 3. The van der Waals surface area contributed by atoms with Gasteiger partial charge in [0.15, 0.2) is 5.11 Å². The molecule has 0 atom stereocenters. The molecule has 0 spiro atoms. The third-order valence-electron chi connectivity index (χ3n) is 3.95. The SMILES string of the molecule is COc1ccc(-c2ccc(CO)o2)cc1NC(=S)NC(=O)c1cc(I)ccc1Cl. The summed E-state index contributed by atoms with van der Waals surface area (Å²) in [5.41, 5.74) is 1.63. The van der Waals surface area contributed by atoms with Crippen molar-refractivity contribution in [1.29, 1.82) is 0 Å². The predicted molar refractivity (Wildman–Crippen MR) is 124 cm³/mol. The van der Waals surface area contributed by atoms with Crippen molar-refractivity contribution < 1.29 is 19.1 Å². The molecule has 0 bridgehead atoms. The first kappa shape index (κ1) is 21.6. The Hall–Kier alpha value is -2.14. The van der Waals surface area contributed by atoms with Crippen LogP contribution in [0.15, 0.2) is 52.9 Å². The first-order valence-electron chi connectivity index (χ1n) is 8.36. The van der Waals surface area contributed by atoms with Crippen LogP contribution in [0.1, 0.15) is 16.1 Å². The van der Waals surface area contributed by atoms with E-state index in [0.717, 1.165) is 9.13 Å². The molecule has 3 rings (SSSR count). The number of rotatable bonds is 5. The summed E-state index contributed by atoms with van der Waals surface area (Å²) in [5.74, 6) is 1.16. The summed E-state index contributed by atoms with van der Waals surface area (Å²) in [6, 6.07) is 13.9. The number of ether oxygens (including phenoxy) is 1. The van der Waals surface area contributed by atoms with Gasteiger partial charge in [0, 0.05) is 9.13 Å². The predicted octanol–water partition coefficient (Wildman–Crippen LogP) is 4.83. The summed E-state index contributed by atoms with van der Waals surface area (Å²) in [7, 11) is 1.53. The zero-order chi connectivity index (χ0) is 21.0.